The summed E-state index contributed by atoms with van der Waals surface area (Å²) in [5.41, 5.74) is 0. The molecule has 0 aromatic rings. The number of nitrogens with zero attached hydrogens (tertiary/aromatic N) is 2. The summed E-state index contributed by atoms with van der Waals surface area (Å²) in [7, 11) is 1.93. The van der Waals surface area contributed by atoms with Crippen LogP contribution in [0.15, 0.2) is 0 Å². The van der Waals surface area contributed by atoms with Gasteiger partial charge in [-0.15, -0.1) is 0 Å². The fourth-order valence-electron chi connectivity index (χ4n) is 3.23. The molecule has 1 amide bonds. The largest absolute Gasteiger partial charge is 0.344 e. The Balaban J connectivity index is 1.43. The van der Waals surface area contributed by atoms with E-state index in [1.54, 1.807) is 0 Å². The molecule has 0 spiro atoms. The maximum absolute atomic E-state index is 12.0. The maximum atomic E-state index is 12.0. The molecule has 4 heteroatoms. The first-order chi connectivity index (χ1) is 8.74. The van der Waals surface area contributed by atoms with Gasteiger partial charge in [-0.3, -0.25) is 9.69 Å². The molecule has 4 nitrogen and oxygen atoms in total. The summed E-state index contributed by atoms with van der Waals surface area (Å²) in [5, 5.41) is 3.63. The second-order valence-electron chi connectivity index (χ2n) is 6.23. The smallest absolute Gasteiger partial charge is 0.239 e. The molecule has 0 aromatic carbocycles. The second kappa shape index (κ2) is 5.17. The molecule has 1 unspecified atom stereocenters. The Morgan fingerprint density at radius 1 is 1.11 bits per heavy atom. The van der Waals surface area contributed by atoms with Gasteiger partial charge in [0.15, 0.2) is 0 Å². The highest BCUT2D eigenvalue weighted by molar-refractivity contribution is 5.83. The average molecular weight is 251 g/mol. The zero-order valence-corrected chi connectivity index (χ0v) is 11.4. The van der Waals surface area contributed by atoms with Crippen LogP contribution in [-0.2, 0) is 4.79 Å². The normalized spacial score (nSPS) is 31.3. The fraction of sp³-hybridized carbons (Fsp3) is 0.929. The zero-order chi connectivity index (χ0) is 12.5. The Labute approximate surface area is 110 Å². The van der Waals surface area contributed by atoms with Crippen LogP contribution in [0.4, 0.5) is 0 Å². The van der Waals surface area contributed by atoms with Gasteiger partial charge in [0.1, 0.15) is 0 Å². The van der Waals surface area contributed by atoms with Crippen LogP contribution in [0.3, 0.4) is 0 Å². The first-order valence-electron chi connectivity index (χ1n) is 7.46. The predicted molar refractivity (Wildman–Crippen MR) is 71.4 cm³/mol. The van der Waals surface area contributed by atoms with Crippen LogP contribution in [0, 0.1) is 5.92 Å². The van der Waals surface area contributed by atoms with E-state index >= 15 is 0 Å². The highest BCUT2D eigenvalue weighted by atomic mass is 16.2. The summed E-state index contributed by atoms with van der Waals surface area (Å²) in [6, 6.07) is 1.01. The number of rotatable bonds is 4. The number of nitrogens with one attached hydrogen (secondary N) is 1. The van der Waals surface area contributed by atoms with Gasteiger partial charge in [0.05, 0.1) is 6.04 Å². The van der Waals surface area contributed by atoms with Crippen LogP contribution >= 0.6 is 0 Å². The van der Waals surface area contributed by atoms with Crippen LogP contribution in [0.5, 0.6) is 0 Å². The van der Waals surface area contributed by atoms with Gasteiger partial charge in [-0.05, 0) is 57.7 Å². The Bertz CT molecular complexity index is 308. The van der Waals surface area contributed by atoms with Crippen LogP contribution in [-0.4, -0.2) is 61.0 Å². The lowest BCUT2D eigenvalue weighted by Gasteiger charge is -2.35. The standard InChI is InChI=1S/C14H25N3O/c1-16-7-6-13(14(16)18)17-8-4-11(5-9-17)10-15-12-2-3-12/h11-13,15H,2-10H2,1H3. The van der Waals surface area contributed by atoms with E-state index in [9.17, 15) is 4.79 Å². The molecule has 1 saturated carbocycles. The lowest BCUT2D eigenvalue weighted by Crippen LogP contribution is -2.46. The molecule has 0 aromatic heterocycles. The number of likely N-dealkylation sites (N-methyl/N-ethyl adjacent to an activating group) is 1. The van der Waals surface area contributed by atoms with Crippen LogP contribution in [0.2, 0.25) is 0 Å². The van der Waals surface area contributed by atoms with E-state index < -0.39 is 0 Å². The van der Waals surface area contributed by atoms with Crippen LogP contribution in [0.1, 0.15) is 32.1 Å². The molecule has 1 N–H and O–H groups in total. The summed E-state index contributed by atoms with van der Waals surface area (Å²) in [6.45, 7) is 4.35. The number of carbonyl (C=O) groups is 1. The number of hydrogen-bond acceptors (Lipinski definition) is 3. The molecular formula is C14H25N3O. The van der Waals surface area contributed by atoms with Crippen molar-refractivity contribution in [2.75, 3.05) is 33.2 Å². The third-order valence-corrected chi connectivity index (χ3v) is 4.76. The zero-order valence-electron chi connectivity index (χ0n) is 11.4. The monoisotopic (exact) mass is 251 g/mol. The lowest BCUT2D eigenvalue weighted by atomic mass is 9.95. The van der Waals surface area contributed by atoms with Gasteiger partial charge >= 0.3 is 0 Å². The molecule has 2 aliphatic heterocycles. The quantitative estimate of drug-likeness (QED) is 0.798. The molecule has 3 rings (SSSR count). The van der Waals surface area contributed by atoms with E-state index in [0.717, 1.165) is 38.0 Å². The van der Waals surface area contributed by atoms with Crippen molar-refractivity contribution < 1.29 is 4.79 Å². The summed E-state index contributed by atoms with van der Waals surface area (Å²) in [4.78, 5) is 16.3. The first kappa shape index (κ1) is 12.4. The number of piperidine rings is 1. The summed E-state index contributed by atoms with van der Waals surface area (Å²) < 4.78 is 0. The lowest BCUT2D eigenvalue weighted by molar-refractivity contribution is -0.131. The molecule has 2 saturated heterocycles. The first-order valence-corrected chi connectivity index (χ1v) is 7.46. The molecule has 1 aliphatic carbocycles. The van der Waals surface area contributed by atoms with Gasteiger partial charge in [0.2, 0.25) is 5.91 Å². The Hall–Kier alpha value is -0.610. The predicted octanol–water partition coefficient (Wildman–Crippen LogP) is 0.681. The minimum atomic E-state index is 0.187. The highest BCUT2D eigenvalue weighted by Gasteiger charge is 2.35. The molecule has 2 heterocycles. The number of carbonyl (C=O) groups excluding carboxylic acids is 1. The van der Waals surface area contributed by atoms with E-state index in [0.29, 0.717) is 5.91 Å². The van der Waals surface area contributed by atoms with E-state index in [1.807, 2.05) is 11.9 Å². The van der Waals surface area contributed by atoms with Crippen molar-refractivity contribution in [1.29, 1.82) is 0 Å². The average Bonchev–Trinajstić information content (AvgIpc) is 3.16. The van der Waals surface area contributed by atoms with Gasteiger partial charge in [0.25, 0.3) is 0 Å². The van der Waals surface area contributed by atoms with Crippen molar-refractivity contribution in [3.8, 4) is 0 Å². The van der Waals surface area contributed by atoms with Gasteiger partial charge < -0.3 is 10.2 Å². The third-order valence-electron chi connectivity index (χ3n) is 4.76. The highest BCUT2D eigenvalue weighted by Crippen LogP contribution is 2.25. The van der Waals surface area contributed by atoms with Gasteiger partial charge in [-0.2, -0.15) is 0 Å². The molecule has 0 radical (unpaired) electrons. The fourth-order valence-corrected chi connectivity index (χ4v) is 3.23. The number of hydrogen-bond donors (Lipinski definition) is 1. The van der Waals surface area contributed by atoms with Crippen LogP contribution in [0.25, 0.3) is 0 Å². The number of amides is 1. The topological polar surface area (TPSA) is 35.6 Å². The SMILES string of the molecule is CN1CCC(N2CCC(CNC3CC3)CC2)C1=O. The van der Waals surface area contributed by atoms with Gasteiger partial charge in [0, 0.05) is 19.6 Å². The minimum absolute atomic E-state index is 0.187. The summed E-state index contributed by atoms with van der Waals surface area (Å²) in [6.07, 6.45) is 6.30. The minimum Gasteiger partial charge on any atom is -0.344 e. The summed E-state index contributed by atoms with van der Waals surface area (Å²) >= 11 is 0. The Morgan fingerprint density at radius 3 is 2.39 bits per heavy atom. The van der Waals surface area contributed by atoms with Crippen molar-refractivity contribution in [1.82, 2.24) is 15.1 Å². The van der Waals surface area contributed by atoms with Gasteiger partial charge in [-0.25, -0.2) is 0 Å². The molecule has 1 atom stereocenters. The summed E-state index contributed by atoms with van der Waals surface area (Å²) in [5.74, 6) is 1.17. The van der Waals surface area contributed by atoms with Crippen molar-refractivity contribution in [2.24, 2.45) is 5.92 Å². The third kappa shape index (κ3) is 2.69. The molecule has 0 bridgehead atoms. The second-order valence-corrected chi connectivity index (χ2v) is 6.23. The van der Waals surface area contributed by atoms with Crippen molar-refractivity contribution >= 4 is 5.91 Å². The maximum Gasteiger partial charge on any atom is 0.239 e. The van der Waals surface area contributed by atoms with Crippen molar-refractivity contribution in [3.63, 3.8) is 0 Å². The Kier molecular flexibility index (Phi) is 3.57. The van der Waals surface area contributed by atoms with E-state index in [2.05, 4.69) is 10.2 Å². The van der Waals surface area contributed by atoms with E-state index in [-0.39, 0.29) is 6.04 Å². The van der Waals surface area contributed by atoms with Gasteiger partial charge in [-0.1, -0.05) is 0 Å². The molecule has 3 aliphatic rings. The van der Waals surface area contributed by atoms with Crippen molar-refractivity contribution in [3.05, 3.63) is 0 Å². The van der Waals surface area contributed by atoms with Crippen molar-refractivity contribution in [2.45, 2.75) is 44.2 Å². The Morgan fingerprint density at radius 2 is 1.83 bits per heavy atom. The number of likely N-dealkylation sites (tertiary alicyclic amines) is 2. The molecular weight excluding hydrogens is 226 g/mol. The van der Waals surface area contributed by atoms with E-state index in [1.165, 1.54) is 32.2 Å². The molecule has 3 fully saturated rings. The molecule has 18 heavy (non-hydrogen) atoms. The van der Waals surface area contributed by atoms with Crippen LogP contribution < -0.4 is 5.32 Å². The van der Waals surface area contributed by atoms with E-state index in [4.69, 9.17) is 0 Å². The molecule has 102 valence electrons.